The van der Waals surface area contributed by atoms with Crippen LogP contribution in [0.2, 0.25) is 0 Å². The maximum absolute atomic E-state index is 5.31. The molecule has 0 unspecified atom stereocenters. The average Bonchev–Trinajstić information content (AvgIpc) is 3.00. The standard InChI is InChI=1S/C15H20N4O/c1-20-15-5-3-12-2-4-14(8-13(12)9-15)17-6-7-19-11-16-10-18-19/h3,5,9-11,14,17H,2,4,6-8H2,1H3/t14-/m1/s1. The van der Waals surface area contributed by atoms with Crippen molar-refractivity contribution in [2.75, 3.05) is 13.7 Å². The summed E-state index contributed by atoms with van der Waals surface area (Å²) in [6.45, 7) is 1.79. The number of nitrogens with one attached hydrogen (secondary N) is 1. The van der Waals surface area contributed by atoms with Crippen LogP contribution >= 0.6 is 0 Å². The number of ether oxygens (including phenoxy) is 1. The minimum absolute atomic E-state index is 0.540. The van der Waals surface area contributed by atoms with E-state index < -0.39 is 0 Å². The molecule has 1 aromatic carbocycles. The monoisotopic (exact) mass is 272 g/mol. The Labute approximate surface area is 119 Å². The summed E-state index contributed by atoms with van der Waals surface area (Å²) in [5.74, 6) is 0.951. The lowest BCUT2D eigenvalue weighted by Crippen LogP contribution is -2.36. The Balaban J connectivity index is 1.55. The highest BCUT2D eigenvalue weighted by atomic mass is 16.5. The van der Waals surface area contributed by atoms with Gasteiger partial charge in [0.1, 0.15) is 18.4 Å². The van der Waals surface area contributed by atoms with Crippen LogP contribution in [0.5, 0.6) is 5.75 Å². The normalized spacial score (nSPS) is 17.8. The Hall–Kier alpha value is -1.88. The molecule has 0 fully saturated rings. The van der Waals surface area contributed by atoms with Gasteiger partial charge in [0.15, 0.2) is 0 Å². The molecule has 106 valence electrons. The molecule has 1 aliphatic carbocycles. The zero-order valence-corrected chi connectivity index (χ0v) is 11.7. The summed E-state index contributed by atoms with van der Waals surface area (Å²) in [4.78, 5) is 3.95. The van der Waals surface area contributed by atoms with Crippen LogP contribution in [-0.2, 0) is 19.4 Å². The van der Waals surface area contributed by atoms with Gasteiger partial charge in [0.25, 0.3) is 0 Å². The molecule has 3 rings (SSSR count). The van der Waals surface area contributed by atoms with Crippen molar-refractivity contribution in [1.29, 1.82) is 0 Å². The largest absolute Gasteiger partial charge is 0.497 e. The van der Waals surface area contributed by atoms with Crippen molar-refractivity contribution in [3.63, 3.8) is 0 Å². The molecular weight excluding hydrogens is 252 g/mol. The van der Waals surface area contributed by atoms with E-state index in [2.05, 4.69) is 33.6 Å². The third kappa shape index (κ3) is 2.99. The fraction of sp³-hybridized carbons (Fsp3) is 0.467. The summed E-state index contributed by atoms with van der Waals surface area (Å²) < 4.78 is 7.16. The van der Waals surface area contributed by atoms with Crippen LogP contribution in [-0.4, -0.2) is 34.5 Å². The molecule has 0 spiro atoms. The van der Waals surface area contributed by atoms with Gasteiger partial charge < -0.3 is 10.1 Å². The lowest BCUT2D eigenvalue weighted by Gasteiger charge is -2.26. The number of benzene rings is 1. The lowest BCUT2D eigenvalue weighted by atomic mass is 9.88. The van der Waals surface area contributed by atoms with E-state index in [9.17, 15) is 0 Å². The van der Waals surface area contributed by atoms with E-state index in [-0.39, 0.29) is 0 Å². The molecule has 0 saturated heterocycles. The van der Waals surface area contributed by atoms with Crippen LogP contribution in [0.4, 0.5) is 0 Å². The molecular formula is C15H20N4O. The molecule has 1 heterocycles. The van der Waals surface area contributed by atoms with Crippen LogP contribution in [0, 0.1) is 0 Å². The first-order valence-corrected chi connectivity index (χ1v) is 7.07. The van der Waals surface area contributed by atoms with Gasteiger partial charge in [-0.3, -0.25) is 4.68 Å². The Bertz CT molecular complexity index is 553. The number of hydrogen-bond donors (Lipinski definition) is 1. The minimum Gasteiger partial charge on any atom is -0.497 e. The van der Waals surface area contributed by atoms with Gasteiger partial charge in [0.2, 0.25) is 0 Å². The van der Waals surface area contributed by atoms with Gasteiger partial charge in [0.05, 0.1) is 13.7 Å². The maximum Gasteiger partial charge on any atom is 0.137 e. The van der Waals surface area contributed by atoms with E-state index in [0.717, 1.165) is 31.7 Å². The number of aryl methyl sites for hydroxylation is 1. The van der Waals surface area contributed by atoms with Crippen molar-refractivity contribution in [3.05, 3.63) is 42.0 Å². The van der Waals surface area contributed by atoms with Crippen LogP contribution in [0.3, 0.4) is 0 Å². The maximum atomic E-state index is 5.31. The van der Waals surface area contributed by atoms with Crippen molar-refractivity contribution < 1.29 is 4.74 Å². The number of nitrogens with zero attached hydrogens (tertiary/aromatic N) is 3. The van der Waals surface area contributed by atoms with Gasteiger partial charge in [0, 0.05) is 12.6 Å². The van der Waals surface area contributed by atoms with Crippen molar-refractivity contribution in [3.8, 4) is 5.75 Å². The van der Waals surface area contributed by atoms with E-state index in [1.807, 2.05) is 4.68 Å². The van der Waals surface area contributed by atoms with Crippen LogP contribution in [0.1, 0.15) is 17.5 Å². The molecule has 2 aromatic rings. The van der Waals surface area contributed by atoms with Gasteiger partial charge in [-0.25, -0.2) is 4.98 Å². The number of fused-ring (bicyclic) bond motifs is 1. The van der Waals surface area contributed by atoms with E-state index in [0.29, 0.717) is 6.04 Å². The molecule has 0 saturated carbocycles. The zero-order valence-electron chi connectivity index (χ0n) is 11.7. The second-order valence-electron chi connectivity index (χ2n) is 5.19. The van der Waals surface area contributed by atoms with Crippen LogP contribution in [0.25, 0.3) is 0 Å². The molecule has 1 aromatic heterocycles. The molecule has 0 aliphatic heterocycles. The summed E-state index contributed by atoms with van der Waals surface area (Å²) >= 11 is 0. The third-order valence-electron chi connectivity index (χ3n) is 3.88. The van der Waals surface area contributed by atoms with E-state index >= 15 is 0 Å². The summed E-state index contributed by atoms with van der Waals surface area (Å²) in [6.07, 6.45) is 6.73. The third-order valence-corrected chi connectivity index (χ3v) is 3.88. The summed E-state index contributed by atoms with van der Waals surface area (Å²) in [6, 6.07) is 6.95. The quantitative estimate of drug-likeness (QED) is 0.894. The lowest BCUT2D eigenvalue weighted by molar-refractivity contribution is 0.409. The fourth-order valence-electron chi connectivity index (χ4n) is 2.77. The molecule has 5 nitrogen and oxygen atoms in total. The summed E-state index contributed by atoms with van der Waals surface area (Å²) in [5, 5.41) is 7.72. The zero-order chi connectivity index (χ0) is 13.8. The Morgan fingerprint density at radius 2 is 2.35 bits per heavy atom. The predicted octanol–water partition coefficient (Wildman–Crippen LogP) is 1.43. The second-order valence-corrected chi connectivity index (χ2v) is 5.19. The van der Waals surface area contributed by atoms with Gasteiger partial charge >= 0.3 is 0 Å². The van der Waals surface area contributed by atoms with Crippen molar-refractivity contribution in [1.82, 2.24) is 20.1 Å². The molecule has 1 aliphatic rings. The number of aromatic nitrogens is 3. The minimum atomic E-state index is 0.540. The summed E-state index contributed by atoms with van der Waals surface area (Å²) in [7, 11) is 1.72. The van der Waals surface area contributed by atoms with Gasteiger partial charge in [-0.2, -0.15) is 5.10 Å². The highest BCUT2D eigenvalue weighted by Crippen LogP contribution is 2.25. The van der Waals surface area contributed by atoms with Crippen molar-refractivity contribution in [2.45, 2.75) is 31.8 Å². The molecule has 5 heteroatoms. The molecule has 0 amide bonds. The van der Waals surface area contributed by atoms with Crippen molar-refractivity contribution >= 4 is 0 Å². The van der Waals surface area contributed by atoms with Crippen LogP contribution in [0.15, 0.2) is 30.9 Å². The second kappa shape index (κ2) is 6.05. The average molecular weight is 272 g/mol. The summed E-state index contributed by atoms with van der Waals surface area (Å²) in [5.41, 5.74) is 2.87. The fourth-order valence-corrected chi connectivity index (χ4v) is 2.77. The molecule has 0 radical (unpaired) electrons. The molecule has 1 N–H and O–H groups in total. The Kier molecular flexibility index (Phi) is 3.97. The number of hydrogen-bond acceptors (Lipinski definition) is 4. The van der Waals surface area contributed by atoms with Gasteiger partial charge in [-0.15, -0.1) is 0 Å². The first-order valence-electron chi connectivity index (χ1n) is 7.07. The first kappa shape index (κ1) is 13.1. The number of methoxy groups -OCH3 is 1. The first-order chi connectivity index (χ1) is 9.85. The molecule has 0 bridgehead atoms. The smallest absolute Gasteiger partial charge is 0.137 e. The Morgan fingerprint density at radius 1 is 1.40 bits per heavy atom. The van der Waals surface area contributed by atoms with Gasteiger partial charge in [-0.1, -0.05) is 6.07 Å². The van der Waals surface area contributed by atoms with E-state index in [1.165, 1.54) is 17.5 Å². The molecule has 20 heavy (non-hydrogen) atoms. The topological polar surface area (TPSA) is 52.0 Å². The van der Waals surface area contributed by atoms with Crippen LogP contribution < -0.4 is 10.1 Å². The molecule has 1 atom stereocenters. The predicted molar refractivity (Wildman–Crippen MR) is 76.8 cm³/mol. The SMILES string of the molecule is COc1ccc2c(c1)C[C@H](NCCn1cncn1)CC2. The highest BCUT2D eigenvalue weighted by Gasteiger charge is 2.18. The highest BCUT2D eigenvalue weighted by molar-refractivity contribution is 5.37. The van der Waals surface area contributed by atoms with Crippen molar-refractivity contribution in [2.24, 2.45) is 0 Å². The van der Waals surface area contributed by atoms with E-state index in [1.54, 1.807) is 19.8 Å². The van der Waals surface area contributed by atoms with Gasteiger partial charge in [-0.05, 0) is 42.5 Å². The van der Waals surface area contributed by atoms with E-state index in [4.69, 9.17) is 4.74 Å². The number of rotatable bonds is 5. The Morgan fingerprint density at radius 3 is 3.15 bits per heavy atom.